The summed E-state index contributed by atoms with van der Waals surface area (Å²) in [7, 11) is -1.56. The number of para-hydroxylation sites is 2. The van der Waals surface area contributed by atoms with E-state index in [2.05, 4.69) is 10.0 Å². The first kappa shape index (κ1) is 20.9. The third-order valence-corrected chi connectivity index (χ3v) is 5.60. The lowest BCUT2D eigenvalue weighted by atomic mass is 10.1. The van der Waals surface area contributed by atoms with Crippen molar-refractivity contribution in [3.05, 3.63) is 66.7 Å². The Balaban J connectivity index is 1.87. The molecule has 0 aliphatic rings. The second-order valence-corrected chi connectivity index (χ2v) is 9.15. The molecule has 0 saturated heterocycles. The molecule has 1 aromatic heterocycles. The largest absolute Gasteiger partial charge is 0.395 e. The van der Waals surface area contributed by atoms with Crippen molar-refractivity contribution in [1.82, 2.24) is 4.98 Å². The number of nitrogens with one attached hydrogen (secondary N) is 2. The van der Waals surface area contributed by atoms with Gasteiger partial charge in [0.2, 0.25) is 10.0 Å². The van der Waals surface area contributed by atoms with E-state index in [4.69, 9.17) is 4.98 Å². The zero-order valence-electron chi connectivity index (χ0n) is 17.3. The lowest BCUT2D eigenvalue weighted by Crippen LogP contribution is -2.22. The van der Waals surface area contributed by atoms with Crippen LogP contribution in [0.3, 0.4) is 0 Å². The molecule has 1 heterocycles. The Morgan fingerprint density at radius 2 is 1.58 bits per heavy atom. The fourth-order valence-corrected chi connectivity index (χ4v) is 4.17. The molecule has 0 aliphatic carbocycles. The van der Waals surface area contributed by atoms with Crippen molar-refractivity contribution in [2.45, 2.75) is 0 Å². The average molecular weight is 437 g/mol. The number of nitrogens with zero attached hydrogens (tertiary/aromatic N) is 2. The number of pyridine rings is 1. The van der Waals surface area contributed by atoms with Crippen LogP contribution in [0.1, 0.15) is 0 Å². The van der Waals surface area contributed by atoms with E-state index in [1.807, 2.05) is 66.5 Å². The Hall–Kier alpha value is -3.36. The minimum absolute atomic E-state index is 0.0270. The summed E-state index contributed by atoms with van der Waals surface area (Å²) in [5.41, 5.74) is 4.68. The number of aliphatic hydroxyl groups is 1. The highest BCUT2D eigenvalue weighted by Crippen LogP contribution is 2.37. The van der Waals surface area contributed by atoms with Crippen LogP contribution in [-0.2, 0) is 10.0 Å². The summed E-state index contributed by atoms with van der Waals surface area (Å²) >= 11 is 0. The van der Waals surface area contributed by atoms with Gasteiger partial charge < -0.3 is 15.3 Å². The van der Waals surface area contributed by atoms with Crippen LogP contribution in [-0.4, -0.2) is 45.0 Å². The summed E-state index contributed by atoms with van der Waals surface area (Å²) in [6, 6.07) is 21.2. The molecule has 8 heteroatoms. The molecule has 0 saturated carbocycles. The van der Waals surface area contributed by atoms with Crippen molar-refractivity contribution < 1.29 is 13.5 Å². The lowest BCUT2D eigenvalue weighted by molar-refractivity contribution is 0.304. The Kier molecular flexibility index (Phi) is 5.67. The van der Waals surface area contributed by atoms with E-state index >= 15 is 0 Å². The maximum Gasteiger partial charge on any atom is 0.229 e. The van der Waals surface area contributed by atoms with Crippen molar-refractivity contribution in [2.75, 3.05) is 41.4 Å². The Bertz CT molecular complexity index is 1300. The predicted molar refractivity (Wildman–Crippen MR) is 128 cm³/mol. The fourth-order valence-electron chi connectivity index (χ4n) is 3.61. The van der Waals surface area contributed by atoms with Crippen LogP contribution in [0.15, 0.2) is 66.7 Å². The highest BCUT2D eigenvalue weighted by molar-refractivity contribution is 7.92. The van der Waals surface area contributed by atoms with Crippen LogP contribution in [0.25, 0.3) is 21.8 Å². The number of hydrogen-bond acceptors (Lipinski definition) is 6. The number of sulfonamides is 1. The van der Waals surface area contributed by atoms with Crippen LogP contribution >= 0.6 is 0 Å². The molecule has 160 valence electrons. The second-order valence-electron chi connectivity index (χ2n) is 7.40. The van der Waals surface area contributed by atoms with Crippen molar-refractivity contribution in [3.63, 3.8) is 0 Å². The van der Waals surface area contributed by atoms with Crippen molar-refractivity contribution >= 4 is 54.6 Å². The van der Waals surface area contributed by atoms with E-state index in [0.29, 0.717) is 12.2 Å². The number of fused-ring (bicyclic) bond motifs is 2. The Labute approximate surface area is 181 Å². The molecule has 0 aliphatic heterocycles. The molecular weight excluding hydrogens is 412 g/mol. The quantitative estimate of drug-likeness (QED) is 0.380. The first-order valence-electron chi connectivity index (χ1n) is 9.84. The first-order chi connectivity index (χ1) is 14.9. The van der Waals surface area contributed by atoms with E-state index in [1.54, 1.807) is 12.1 Å². The van der Waals surface area contributed by atoms with Gasteiger partial charge in [-0.1, -0.05) is 36.4 Å². The lowest BCUT2D eigenvalue weighted by Gasteiger charge is -2.24. The maximum absolute atomic E-state index is 11.7. The summed E-state index contributed by atoms with van der Waals surface area (Å²) in [5.74, 6) is 0. The van der Waals surface area contributed by atoms with E-state index in [0.717, 1.165) is 45.1 Å². The Morgan fingerprint density at radius 3 is 2.16 bits per heavy atom. The van der Waals surface area contributed by atoms with Gasteiger partial charge in [0.05, 0.1) is 46.6 Å². The summed E-state index contributed by atoms with van der Waals surface area (Å²) in [6.07, 6.45) is 1.12. The molecule has 3 N–H and O–H groups in total. The number of benzene rings is 3. The highest BCUT2D eigenvalue weighted by Gasteiger charge is 2.14. The number of anilines is 4. The van der Waals surface area contributed by atoms with Crippen molar-refractivity contribution in [2.24, 2.45) is 0 Å². The molecule has 3 aromatic carbocycles. The SMILES string of the molecule is CN(CCO)c1cc(NS(C)(=O)=O)ccc1Nc1c2ccccc2nc2ccccc12. The minimum atomic E-state index is -3.41. The molecule has 0 radical (unpaired) electrons. The zero-order valence-corrected chi connectivity index (χ0v) is 18.1. The van der Waals surface area contributed by atoms with Gasteiger partial charge in [0, 0.05) is 24.4 Å². The van der Waals surface area contributed by atoms with Gasteiger partial charge in [0.25, 0.3) is 0 Å². The molecule has 0 fully saturated rings. The highest BCUT2D eigenvalue weighted by atomic mass is 32.2. The molecule has 0 spiro atoms. The number of likely N-dealkylation sites (N-methyl/N-ethyl adjacent to an activating group) is 1. The molecular formula is C23H24N4O3S. The summed E-state index contributed by atoms with van der Waals surface area (Å²) in [4.78, 5) is 6.64. The fraction of sp³-hybridized carbons (Fsp3) is 0.174. The Morgan fingerprint density at radius 1 is 0.968 bits per heavy atom. The summed E-state index contributed by atoms with van der Waals surface area (Å²) in [5, 5.41) is 14.9. The van der Waals surface area contributed by atoms with E-state index in [1.165, 1.54) is 0 Å². The normalized spacial score (nSPS) is 11.6. The van der Waals surface area contributed by atoms with Crippen LogP contribution in [0.4, 0.5) is 22.7 Å². The smallest absolute Gasteiger partial charge is 0.229 e. The molecule has 0 bridgehead atoms. The van der Waals surface area contributed by atoms with Crippen LogP contribution in [0.2, 0.25) is 0 Å². The molecule has 0 atom stereocenters. The molecule has 4 rings (SSSR count). The predicted octanol–water partition coefficient (Wildman–Crippen LogP) is 3.93. The molecule has 0 amide bonds. The average Bonchev–Trinajstić information content (AvgIpc) is 2.73. The monoisotopic (exact) mass is 436 g/mol. The van der Waals surface area contributed by atoms with E-state index in [9.17, 15) is 13.5 Å². The zero-order chi connectivity index (χ0) is 22.0. The van der Waals surface area contributed by atoms with Gasteiger partial charge in [-0.25, -0.2) is 13.4 Å². The number of aromatic nitrogens is 1. The minimum Gasteiger partial charge on any atom is -0.395 e. The van der Waals surface area contributed by atoms with E-state index in [-0.39, 0.29) is 6.61 Å². The summed E-state index contributed by atoms with van der Waals surface area (Å²) in [6.45, 7) is 0.371. The van der Waals surface area contributed by atoms with Gasteiger partial charge in [-0.05, 0) is 30.3 Å². The van der Waals surface area contributed by atoms with Crippen LogP contribution in [0.5, 0.6) is 0 Å². The van der Waals surface area contributed by atoms with Gasteiger partial charge in [0.1, 0.15) is 0 Å². The number of hydrogen-bond donors (Lipinski definition) is 3. The van der Waals surface area contributed by atoms with Crippen molar-refractivity contribution in [3.8, 4) is 0 Å². The van der Waals surface area contributed by atoms with Gasteiger partial charge in [-0.3, -0.25) is 4.72 Å². The topological polar surface area (TPSA) is 94.6 Å². The van der Waals surface area contributed by atoms with Gasteiger partial charge in [0.15, 0.2) is 0 Å². The van der Waals surface area contributed by atoms with Crippen LogP contribution < -0.4 is 14.9 Å². The third kappa shape index (κ3) is 4.55. The summed E-state index contributed by atoms with van der Waals surface area (Å²) < 4.78 is 25.9. The number of rotatable bonds is 7. The third-order valence-electron chi connectivity index (χ3n) is 4.99. The van der Waals surface area contributed by atoms with Gasteiger partial charge >= 0.3 is 0 Å². The van der Waals surface area contributed by atoms with Gasteiger partial charge in [-0.2, -0.15) is 0 Å². The molecule has 7 nitrogen and oxygen atoms in total. The maximum atomic E-state index is 11.7. The standard InChI is InChI=1S/C23H24N4O3S/c1-27(13-14-28)22-15-16(26-31(2,29)30)11-12-21(22)25-23-17-7-3-5-9-19(17)24-20-10-6-4-8-18(20)23/h3-12,15,26,28H,13-14H2,1-2H3,(H,24,25). The first-order valence-corrected chi connectivity index (χ1v) is 11.7. The van der Waals surface area contributed by atoms with Gasteiger partial charge in [-0.15, -0.1) is 0 Å². The molecule has 31 heavy (non-hydrogen) atoms. The molecule has 4 aromatic rings. The van der Waals surface area contributed by atoms with Crippen molar-refractivity contribution in [1.29, 1.82) is 0 Å². The second kappa shape index (κ2) is 8.41. The molecule has 0 unspecified atom stereocenters. The van der Waals surface area contributed by atoms with Crippen LogP contribution in [0, 0.1) is 0 Å². The number of aliphatic hydroxyl groups excluding tert-OH is 1. The van der Waals surface area contributed by atoms with E-state index < -0.39 is 10.0 Å².